The second-order valence-corrected chi connectivity index (χ2v) is 7.04. The Morgan fingerprint density at radius 1 is 1.36 bits per heavy atom. The van der Waals surface area contributed by atoms with Crippen molar-refractivity contribution in [3.05, 3.63) is 34.8 Å². The first-order chi connectivity index (χ1) is 13.3. The number of hydrogen-bond acceptors (Lipinski definition) is 6. The average molecular weight is 411 g/mol. The molecule has 8 nitrogen and oxygen atoms in total. The molecule has 2 atom stereocenters. The van der Waals surface area contributed by atoms with Crippen LogP contribution in [0.25, 0.3) is 0 Å². The van der Waals surface area contributed by atoms with Gasteiger partial charge in [0.1, 0.15) is 17.8 Å². The molecule has 1 aliphatic carbocycles. The number of nitrogens with one attached hydrogen (secondary N) is 2. The van der Waals surface area contributed by atoms with Gasteiger partial charge in [-0.05, 0) is 38.3 Å². The van der Waals surface area contributed by atoms with Gasteiger partial charge in [0, 0.05) is 12.1 Å². The molecule has 0 bridgehead atoms. The minimum absolute atomic E-state index is 0.00140. The number of amides is 2. The van der Waals surface area contributed by atoms with E-state index in [9.17, 15) is 14.0 Å². The average Bonchev–Trinajstić information content (AvgIpc) is 3.40. The van der Waals surface area contributed by atoms with Gasteiger partial charge in [0.15, 0.2) is 0 Å². The second kappa shape index (κ2) is 8.55. The SMILES string of the molecule is CC(F)COc1ncc(C(C)NC(=O)c2cnc(NC(=O)C3CC3)o2)cc1Cl. The van der Waals surface area contributed by atoms with E-state index < -0.39 is 18.1 Å². The second-order valence-electron chi connectivity index (χ2n) is 6.64. The first-order valence-corrected chi connectivity index (χ1v) is 9.21. The molecule has 0 aliphatic heterocycles. The molecule has 2 amide bonds. The van der Waals surface area contributed by atoms with Crippen molar-refractivity contribution in [2.45, 2.75) is 38.9 Å². The summed E-state index contributed by atoms with van der Waals surface area (Å²) in [6.45, 7) is 2.96. The minimum atomic E-state index is -1.14. The molecule has 2 N–H and O–H groups in total. The summed E-state index contributed by atoms with van der Waals surface area (Å²) >= 11 is 6.10. The number of rotatable bonds is 8. The fourth-order valence-corrected chi connectivity index (χ4v) is 2.55. The Hall–Kier alpha value is -2.68. The van der Waals surface area contributed by atoms with Crippen LogP contribution in [0.2, 0.25) is 5.02 Å². The first kappa shape index (κ1) is 20.1. The third kappa shape index (κ3) is 5.19. The van der Waals surface area contributed by atoms with Gasteiger partial charge in [-0.2, -0.15) is 0 Å². The largest absolute Gasteiger partial charge is 0.474 e. The van der Waals surface area contributed by atoms with Crippen LogP contribution in [0.3, 0.4) is 0 Å². The lowest BCUT2D eigenvalue weighted by atomic mass is 10.1. The lowest BCUT2D eigenvalue weighted by molar-refractivity contribution is -0.117. The molecule has 10 heteroatoms. The molecular weight excluding hydrogens is 391 g/mol. The summed E-state index contributed by atoms with van der Waals surface area (Å²) in [6, 6.07) is 1.13. The minimum Gasteiger partial charge on any atom is -0.474 e. The monoisotopic (exact) mass is 410 g/mol. The van der Waals surface area contributed by atoms with Crippen molar-refractivity contribution in [2.24, 2.45) is 5.92 Å². The topological polar surface area (TPSA) is 106 Å². The van der Waals surface area contributed by atoms with Crippen molar-refractivity contribution < 1.29 is 23.1 Å². The maximum atomic E-state index is 12.9. The van der Waals surface area contributed by atoms with Gasteiger partial charge in [-0.25, -0.2) is 14.4 Å². The van der Waals surface area contributed by atoms with E-state index in [2.05, 4.69) is 20.6 Å². The van der Waals surface area contributed by atoms with Crippen molar-refractivity contribution >= 4 is 29.4 Å². The zero-order valence-electron chi connectivity index (χ0n) is 15.4. The molecular formula is C18H20ClFN4O4. The fraction of sp³-hybridized carbons (Fsp3) is 0.444. The number of aromatic nitrogens is 2. The van der Waals surface area contributed by atoms with Crippen molar-refractivity contribution in [2.75, 3.05) is 11.9 Å². The molecule has 150 valence electrons. The van der Waals surface area contributed by atoms with Crippen LogP contribution in [0.15, 0.2) is 22.9 Å². The van der Waals surface area contributed by atoms with Gasteiger partial charge in [-0.1, -0.05) is 11.6 Å². The number of oxazole rings is 1. The molecule has 28 heavy (non-hydrogen) atoms. The number of carbonyl (C=O) groups is 2. The van der Waals surface area contributed by atoms with Gasteiger partial charge in [0.05, 0.1) is 12.2 Å². The Morgan fingerprint density at radius 3 is 2.75 bits per heavy atom. The molecule has 1 aliphatic rings. The van der Waals surface area contributed by atoms with E-state index in [0.717, 1.165) is 12.8 Å². The zero-order chi connectivity index (χ0) is 20.3. The lowest BCUT2D eigenvalue weighted by Crippen LogP contribution is -2.26. The number of hydrogen-bond donors (Lipinski definition) is 2. The molecule has 1 saturated carbocycles. The fourth-order valence-electron chi connectivity index (χ4n) is 2.32. The number of ether oxygens (including phenoxy) is 1. The summed E-state index contributed by atoms with van der Waals surface area (Å²) in [5.41, 5.74) is 0.626. The van der Waals surface area contributed by atoms with Crippen LogP contribution in [-0.4, -0.2) is 34.6 Å². The van der Waals surface area contributed by atoms with Crippen LogP contribution in [0.1, 0.15) is 48.8 Å². The van der Waals surface area contributed by atoms with E-state index in [1.807, 2.05) is 0 Å². The highest BCUT2D eigenvalue weighted by molar-refractivity contribution is 6.31. The number of alkyl halides is 1. The Bertz CT molecular complexity index is 869. The van der Waals surface area contributed by atoms with E-state index in [-0.39, 0.29) is 41.1 Å². The molecule has 0 radical (unpaired) electrons. The van der Waals surface area contributed by atoms with Crippen LogP contribution in [-0.2, 0) is 4.79 Å². The Labute approximate surface area is 165 Å². The van der Waals surface area contributed by atoms with Gasteiger partial charge in [0.2, 0.25) is 17.5 Å². The Kier molecular flexibility index (Phi) is 6.13. The highest BCUT2D eigenvalue weighted by atomic mass is 35.5. The third-order valence-corrected chi connectivity index (χ3v) is 4.30. The van der Waals surface area contributed by atoms with E-state index in [0.29, 0.717) is 5.56 Å². The predicted octanol–water partition coefficient (Wildman–Crippen LogP) is 3.30. The molecule has 2 aromatic rings. The van der Waals surface area contributed by atoms with Gasteiger partial charge < -0.3 is 14.5 Å². The molecule has 0 spiro atoms. The maximum absolute atomic E-state index is 12.9. The van der Waals surface area contributed by atoms with Crippen LogP contribution in [0.5, 0.6) is 5.88 Å². The van der Waals surface area contributed by atoms with E-state index in [4.69, 9.17) is 20.8 Å². The number of pyridine rings is 1. The van der Waals surface area contributed by atoms with Crippen LogP contribution < -0.4 is 15.4 Å². The van der Waals surface area contributed by atoms with Gasteiger partial charge in [-0.15, -0.1) is 0 Å². The summed E-state index contributed by atoms with van der Waals surface area (Å²) in [6.07, 6.45) is 3.29. The van der Waals surface area contributed by atoms with Crippen LogP contribution in [0.4, 0.5) is 10.4 Å². The van der Waals surface area contributed by atoms with E-state index >= 15 is 0 Å². The van der Waals surface area contributed by atoms with E-state index in [1.165, 1.54) is 19.3 Å². The number of halogens is 2. The number of nitrogens with zero attached hydrogens (tertiary/aromatic N) is 2. The quantitative estimate of drug-likeness (QED) is 0.691. The number of anilines is 1. The lowest BCUT2D eigenvalue weighted by Gasteiger charge is -2.14. The third-order valence-electron chi connectivity index (χ3n) is 4.03. The molecule has 1 fully saturated rings. The Balaban J connectivity index is 1.58. The van der Waals surface area contributed by atoms with Crippen molar-refractivity contribution in [3.8, 4) is 5.88 Å². The van der Waals surface area contributed by atoms with Crippen LogP contribution >= 0.6 is 11.6 Å². The zero-order valence-corrected chi connectivity index (χ0v) is 16.1. The molecule has 2 heterocycles. The summed E-state index contributed by atoms with van der Waals surface area (Å²) in [7, 11) is 0. The van der Waals surface area contributed by atoms with Crippen molar-refractivity contribution in [1.29, 1.82) is 0 Å². The van der Waals surface area contributed by atoms with E-state index in [1.54, 1.807) is 13.0 Å². The van der Waals surface area contributed by atoms with Gasteiger partial charge in [0.25, 0.3) is 5.91 Å². The molecule has 3 rings (SSSR count). The molecule has 0 saturated heterocycles. The van der Waals surface area contributed by atoms with Crippen molar-refractivity contribution in [3.63, 3.8) is 0 Å². The summed E-state index contributed by atoms with van der Waals surface area (Å²) in [5.74, 6) is -0.572. The Morgan fingerprint density at radius 2 is 2.11 bits per heavy atom. The summed E-state index contributed by atoms with van der Waals surface area (Å²) in [4.78, 5) is 32.0. The first-order valence-electron chi connectivity index (χ1n) is 8.83. The van der Waals surface area contributed by atoms with Gasteiger partial charge >= 0.3 is 6.01 Å². The highest BCUT2D eigenvalue weighted by Gasteiger charge is 2.30. The normalized spacial score (nSPS) is 15.6. The highest BCUT2D eigenvalue weighted by Crippen LogP contribution is 2.30. The number of carbonyl (C=O) groups excluding carboxylic acids is 2. The molecule has 2 unspecified atom stereocenters. The summed E-state index contributed by atoms with van der Waals surface area (Å²) < 4.78 is 23.3. The smallest absolute Gasteiger partial charge is 0.302 e. The molecule has 0 aromatic carbocycles. The van der Waals surface area contributed by atoms with Crippen molar-refractivity contribution in [1.82, 2.24) is 15.3 Å². The maximum Gasteiger partial charge on any atom is 0.302 e. The standard InChI is InChI=1S/C18H20ClFN4O4/c1-9(20)8-27-17-13(19)5-12(6-21-17)10(2)23-16(26)14-7-22-18(28-14)24-15(25)11-3-4-11/h5-7,9-11H,3-4,8H2,1-2H3,(H,23,26)(H,22,24,25). The van der Waals surface area contributed by atoms with Gasteiger partial charge in [-0.3, -0.25) is 14.9 Å². The summed E-state index contributed by atoms with van der Waals surface area (Å²) in [5, 5.41) is 5.47. The predicted molar refractivity (Wildman–Crippen MR) is 99.0 cm³/mol. The molecule has 2 aromatic heterocycles. The van der Waals surface area contributed by atoms with Crippen LogP contribution in [0, 0.1) is 5.92 Å².